The Morgan fingerprint density at radius 1 is 1.36 bits per heavy atom. The van der Waals surface area contributed by atoms with Crippen LogP contribution in [0.4, 0.5) is 0 Å². The zero-order valence-electron chi connectivity index (χ0n) is 8.74. The van der Waals surface area contributed by atoms with Crippen LogP contribution in [0.1, 0.15) is 39.0 Å². The molecule has 1 unspecified atom stereocenters. The molecule has 1 rings (SSSR count). The van der Waals surface area contributed by atoms with E-state index >= 15 is 0 Å². The van der Waals surface area contributed by atoms with Gasteiger partial charge in [-0.3, -0.25) is 4.90 Å². The van der Waals surface area contributed by atoms with E-state index in [4.69, 9.17) is 10.5 Å². The molecule has 0 N–H and O–H groups in total. The minimum Gasteiger partial charge on any atom is -0.272 e. The van der Waals surface area contributed by atoms with Crippen molar-refractivity contribution in [2.24, 2.45) is 0 Å². The van der Waals surface area contributed by atoms with Gasteiger partial charge in [-0.25, -0.2) is 0 Å². The first kappa shape index (κ1) is 11.0. The molecule has 1 atom stereocenters. The summed E-state index contributed by atoms with van der Waals surface area (Å²) in [6, 6.07) is 4.86. The van der Waals surface area contributed by atoms with Crippen LogP contribution in [0.2, 0.25) is 0 Å². The first-order chi connectivity index (χ1) is 6.83. The zero-order valence-corrected chi connectivity index (χ0v) is 8.74. The number of nitriles is 2. The van der Waals surface area contributed by atoms with E-state index in [1.165, 1.54) is 12.8 Å². The lowest BCUT2D eigenvalue weighted by molar-refractivity contribution is 0.184. The Bertz CT molecular complexity index is 242. The maximum atomic E-state index is 8.98. The third-order valence-electron chi connectivity index (χ3n) is 2.98. The van der Waals surface area contributed by atoms with Crippen LogP contribution in [0.25, 0.3) is 0 Å². The van der Waals surface area contributed by atoms with Crippen LogP contribution in [0.5, 0.6) is 0 Å². The van der Waals surface area contributed by atoms with Crippen molar-refractivity contribution in [3.05, 3.63) is 0 Å². The van der Waals surface area contributed by atoms with Crippen LogP contribution in [0.15, 0.2) is 0 Å². The second-order valence-electron chi connectivity index (χ2n) is 3.82. The van der Waals surface area contributed by atoms with Gasteiger partial charge in [0.25, 0.3) is 0 Å². The molecule has 3 nitrogen and oxygen atoms in total. The number of rotatable bonds is 4. The highest BCUT2D eigenvalue weighted by molar-refractivity contribution is 4.97. The largest absolute Gasteiger partial charge is 0.272 e. The van der Waals surface area contributed by atoms with Crippen LogP contribution in [0, 0.1) is 22.7 Å². The van der Waals surface area contributed by atoms with Crippen molar-refractivity contribution in [3.63, 3.8) is 0 Å². The lowest BCUT2D eigenvalue weighted by Gasteiger charge is -2.29. The van der Waals surface area contributed by atoms with Crippen molar-refractivity contribution in [2.45, 2.75) is 51.1 Å². The molecule has 0 spiro atoms. The maximum Gasteiger partial charge on any atom is 0.0985 e. The van der Waals surface area contributed by atoms with Gasteiger partial charge in [0.15, 0.2) is 0 Å². The topological polar surface area (TPSA) is 50.8 Å². The number of hydrogen-bond acceptors (Lipinski definition) is 3. The summed E-state index contributed by atoms with van der Waals surface area (Å²) in [4.78, 5) is 2.08. The predicted octanol–water partition coefficient (Wildman–Crippen LogP) is 2.06. The maximum absolute atomic E-state index is 8.98. The van der Waals surface area contributed by atoms with Crippen LogP contribution in [0.3, 0.4) is 0 Å². The highest BCUT2D eigenvalue weighted by atomic mass is 15.2. The van der Waals surface area contributed by atoms with Crippen molar-refractivity contribution in [1.29, 1.82) is 10.5 Å². The molecule has 1 aliphatic carbocycles. The van der Waals surface area contributed by atoms with Crippen molar-refractivity contribution in [3.8, 4) is 12.1 Å². The summed E-state index contributed by atoms with van der Waals surface area (Å²) in [5.41, 5.74) is 0. The molecule has 0 heterocycles. The van der Waals surface area contributed by atoms with Crippen LogP contribution in [-0.2, 0) is 0 Å². The van der Waals surface area contributed by atoms with E-state index in [9.17, 15) is 0 Å². The lowest BCUT2D eigenvalue weighted by Crippen LogP contribution is -2.41. The Balaban J connectivity index is 2.62. The molecule has 1 aliphatic rings. The lowest BCUT2D eigenvalue weighted by atomic mass is 10.1. The minimum absolute atomic E-state index is 0.0715. The molecule has 0 saturated heterocycles. The molecule has 1 saturated carbocycles. The molecule has 0 radical (unpaired) electrons. The number of nitrogens with zero attached hydrogens (tertiary/aromatic N) is 3. The van der Waals surface area contributed by atoms with Crippen molar-refractivity contribution in [1.82, 2.24) is 4.90 Å². The highest BCUT2D eigenvalue weighted by Gasteiger charge is 2.27. The Kier molecular flexibility index (Phi) is 4.43. The van der Waals surface area contributed by atoms with Crippen molar-refractivity contribution >= 4 is 0 Å². The fourth-order valence-corrected chi connectivity index (χ4v) is 2.21. The Morgan fingerprint density at radius 2 is 2.00 bits per heavy atom. The molecule has 0 aliphatic heterocycles. The summed E-state index contributed by atoms with van der Waals surface area (Å²) in [7, 11) is 0. The van der Waals surface area contributed by atoms with Crippen LogP contribution in [-0.4, -0.2) is 23.5 Å². The quantitative estimate of drug-likeness (QED) is 0.639. The summed E-state index contributed by atoms with van der Waals surface area (Å²) in [5, 5.41) is 17.7. The van der Waals surface area contributed by atoms with Crippen molar-refractivity contribution in [2.75, 3.05) is 6.54 Å². The predicted molar refractivity (Wildman–Crippen MR) is 54.3 cm³/mol. The van der Waals surface area contributed by atoms with E-state index in [0.717, 1.165) is 19.3 Å². The highest BCUT2D eigenvalue weighted by Crippen LogP contribution is 2.25. The van der Waals surface area contributed by atoms with Crippen molar-refractivity contribution < 1.29 is 0 Å². The summed E-state index contributed by atoms with van der Waals surface area (Å²) in [6.45, 7) is 2.41. The average Bonchev–Trinajstić information content (AvgIpc) is 2.71. The van der Waals surface area contributed by atoms with Crippen LogP contribution >= 0.6 is 0 Å². The monoisotopic (exact) mass is 191 g/mol. The molecular weight excluding hydrogens is 174 g/mol. The fourth-order valence-electron chi connectivity index (χ4n) is 2.21. The van der Waals surface area contributed by atoms with Gasteiger partial charge < -0.3 is 0 Å². The third-order valence-corrected chi connectivity index (χ3v) is 2.98. The van der Waals surface area contributed by atoms with Gasteiger partial charge in [0.1, 0.15) is 0 Å². The van der Waals surface area contributed by atoms with E-state index < -0.39 is 0 Å². The Hall–Kier alpha value is -1.06. The smallest absolute Gasteiger partial charge is 0.0985 e. The molecule has 0 aromatic rings. The molecule has 1 fully saturated rings. The van der Waals surface area contributed by atoms with Gasteiger partial charge in [-0.15, -0.1) is 0 Å². The second kappa shape index (κ2) is 5.62. The minimum atomic E-state index is -0.0715. The standard InChI is InChI=1S/C11H17N3/c1-2-10(9-13)14(8-7-12)11-5-3-4-6-11/h10-11H,2-6,8H2,1H3. The third kappa shape index (κ3) is 2.47. The zero-order chi connectivity index (χ0) is 10.4. The Labute approximate surface area is 85.9 Å². The van der Waals surface area contributed by atoms with E-state index in [-0.39, 0.29) is 6.04 Å². The van der Waals surface area contributed by atoms with Crippen LogP contribution < -0.4 is 0 Å². The first-order valence-electron chi connectivity index (χ1n) is 5.35. The molecule has 0 bridgehead atoms. The summed E-state index contributed by atoms with van der Waals surface area (Å²) >= 11 is 0. The van der Waals surface area contributed by atoms with Gasteiger partial charge in [-0.2, -0.15) is 10.5 Å². The van der Waals surface area contributed by atoms with Gasteiger partial charge >= 0.3 is 0 Å². The fraction of sp³-hybridized carbons (Fsp3) is 0.818. The molecule has 14 heavy (non-hydrogen) atoms. The Morgan fingerprint density at radius 3 is 2.43 bits per heavy atom. The first-order valence-corrected chi connectivity index (χ1v) is 5.35. The number of hydrogen-bond donors (Lipinski definition) is 0. The second-order valence-corrected chi connectivity index (χ2v) is 3.82. The molecule has 76 valence electrons. The molecule has 3 heteroatoms. The van der Waals surface area contributed by atoms with E-state index in [1.807, 2.05) is 6.92 Å². The summed E-state index contributed by atoms with van der Waals surface area (Å²) in [6.07, 6.45) is 5.61. The van der Waals surface area contributed by atoms with Gasteiger partial charge in [0.2, 0.25) is 0 Å². The van der Waals surface area contributed by atoms with Gasteiger partial charge in [-0.05, 0) is 19.3 Å². The molecule has 0 amide bonds. The van der Waals surface area contributed by atoms with E-state index in [1.54, 1.807) is 0 Å². The normalized spacial score (nSPS) is 19.1. The average molecular weight is 191 g/mol. The molecular formula is C11H17N3. The molecule has 0 aromatic carbocycles. The van der Waals surface area contributed by atoms with Gasteiger partial charge in [0.05, 0.1) is 24.7 Å². The van der Waals surface area contributed by atoms with Gasteiger partial charge in [-0.1, -0.05) is 19.8 Å². The molecule has 0 aromatic heterocycles. The summed E-state index contributed by atoms with van der Waals surface area (Å²) < 4.78 is 0. The van der Waals surface area contributed by atoms with E-state index in [2.05, 4.69) is 17.0 Å². The summed E-state index contributed by atoms with van der Waals surface area (Å²) in [5.74, 6) is 0. The SMILES string of the molecule is CCC(C#N)N(CC#N)C1CCCC1. The van der Waals surface area contributed by atoms with Gasteiger partial charge in [0, 0.05) is 6.04 Å². The van der Waals surface area contributed by atoms with E-state index in [0.29, 0.717) is 12.6 Å².